The van der Waals surface area contributed by atoms with Crippen LogP contribution in [0.2, 0.25) is 0 Å². The van der Waals surface area contributed by atoms with Gasteiger partial charge in [0.15, 0.2) is 0 Å². The maximum atomic E-state index is 10.8. The van der Waals surface area contributed by atoms with Gasteiger partial charge in [-0.1, -0.05) is 0 Å². The Kier molecular flexibility index (Phi) is 3.12. The molecule has 0 amide bonds. The number of nitrogens with one attached hydrogen (secondary N) is 1. The number of benzene rings is 1. The molecule has 0 aliphatic rings. The van der Waals surface area contributed by atoms with Crippen molar-refractivity contribution in [3.8, 4) is 0 Å². The van der Waals surface area contributed by atoms with Crippen LogP contribution in [-0.2, 0) is 0 Å². The number of carboxylic acid groups (broad SMARTS) is 1. The van der Waals surface area contributed by atoms with Gasteiger partial charge in [0.2, 0.25) is 0 Å². The molecule has 0 saturated carbocycles. The first-order valence-corrected chi connectivity index (χ1v) is 4.60. The summed E-state index contributed by atoms with van der Waals surface area (Å²) in [7, 11) is 0. The number of hydrogen-bond acceptors (Lipinski definition) is 2. The lowest BCUT2D eigenvalue weighted by Crippen LogP contribution is -2.10. The zero-order chi connectivity index (χ0) is 10.7. The van der Waals surface area contributed by atoms with Crippen LogP contribution in [0.5, 0.6) is 0 Å². The van der Waals surface area contributed by atoms with E-state index in [-0.39, 0.29) is 0 Å². The summed E-state index contributed by atoms with van der Waals surface area (Å²) in [4.78, 5) is 10.8. The number of carboxylic acids is 1. The highest BCUT2D eigenvalue weighted by atomic mass is 16.4. The predicted molar refractivity (Wildman–Crippen MR) is 56.9 cm³/mol. The van der Waals surface area contributed by atoms with Gasteiger partial charge >= 0.3 is 5.97 Å². The molecule has 0 unspecified atom stereocenters. The van der Waals surface area contributed by atoms with Crippen molar-refractivity contribution in [1.29, 1.82) is 0 Å². The van der Waals surface area contributed by atoms with E-state index in [1.54, 1.807) is 12.1 Å². The van der Waals surface area contributed by atoms with Crippen LogP contribution in [0.25, 0.3) is 0 Å². The molecule has 1 aromatic carbocycles. The van der Waals surface area contributed by atoms with Gasteiger partial charge in [-0.05, 0) is 44.5 Å². The SMILES string of the molecule is Cc1cc(NC(C)C)cc(C(=O)O)c1. The molecule has 0 saturated heterocycles. The minimum absolute atomic E-state index is 0.304. The Balaban J connectivity index is 3.01. The van der Waals surface area contributed by atoms with E-state index >= 15 is 0 Å². The Morgan fingerprint density at radius 1 is 1.36 bits per heavy atom. The summed E-state index contributed by atoms with van der Waals surface area (Å²) < 4.78 is 0. The molecule has 0 atom stereocenters. The second-order valence-corrected chi connectivity index (χ2v) is 3.69. The van der Waals surface area contributed by atoms with Crippen molar-refractivity contribution >= 4 is 11.7 Å². The predicted octanol–water partition coefficient (Wildman–Crippen LogP) is 2.51. The molecule has 3 nitrogen and oxygen atoms in total. The monoisotopic (exact) mass is 193 g/mol. The molecule has 0 radical (unpaired) electrons. The average Bonchev–Trinajstić information content (AvgIpc) is 2.01. The van der Waals surface area contributed by atoms with Crippen LogP contribution < -0.4 is 5.32 Å². The standard InChI is InChI=1S/C11H15NO2/c1-7(2)12-10-5-8(3)4-9(6-10)11(13)14/h4-7,12H,1-3H3,(H,13,14). The van der Waals surface area contributed by atoms with E-state index in [1.165, 1.54) is 0 Å². The van der Waals surface area contributed by atoms with Gasteiger partial charge in [-0.15, -0.1) is 0 Å². The highest BCUT2D eigenvalue weighted by Gasteiger charge is 2.05. The summed E-state index contributed by atoms with van der Waals surface area (Å²) in [6.45, 7) is 5.92. The number of rotatable bonds is 3. The molecule has 0 fully saturated rings. The highest BCUT2D eigenvalue weighted by Crippen LogP contribution is 2.15. The smallest absolute Gasteiger partial charge is 0.335 e. The molecule has 0 aliphatic heterocycles. The maximum Gasteiger partial charge on any atom is 0.335 e. The third-order valence-corrected chi connectivity index (χ3v) is 1.78. The van der Waals surface area contributed by atoms with Crippen LogP contribution in [0, 0.1) is 6.92 Å². The van der Waals surface area contributed by atoms with E-state index in [0.29, 0.717) is 11.6 Å². The number of aromatic carboxylic acids is 1. The van der Waals surface area contributed by atoms with Gasteiger partial charge in [-0.25, -0.2) is 4.79 Å². The number of aryl methyl sites for hydroxylation is 1. The zero-order valence-electron chi connectivity index (χ0n) is 8.66. The van der Waals surface area contributed by atoms with Crippen molar-refractivity contribution in [2.24, 2.45) is 0 Å². The Bertz CT molecular complexity index is 345. The van der Waals surface area contributed by atoms with Gasteiger partial charge in [0, 0.05) is 11.7 Å². The molecular weight excluding hydrogens is 178 g/mol. The zero-order valence-corrected chi connectivity index (χ0v) is 8.66. The van der Waals surface area contributed by atoms with Gasteiger partial charge in [0.1, 0.15) is 0 Å². The first-order chi connectivity index (χ1) is 6.49. The molecular formula is C11H15NO2. The summed E-state index contributed by atoms with van der Waals surface area (Å²) in [6, 6.07) is 5.55. The minimum Gasteiger partial charge on any atom is -0.478 e. The Morgan fingerprint density at radius 3 is 2.50 bits per heavy atom. The molecule has 14 heavy (non-hydrogen) atoms. The lowest BCUT2D eigenvalue weighted by molar-refractivity contribution is 0.0697. The van der Waals surface area contributed by atoms with Gasteiger partial charge in [0.25, 0.3) is 0 Å². The summed E-state index contributed by atoms with van der Waals surface area (Å²) >= 11 is 0. The molecule has 0 heterocycles. The number of carbonyl (C=O) groups is 1. The van der Waals surface area contributed by atoms with Gasteiger partial charge < -0.3 is 10.4 Å². The van der Waals surface area contributed by atoms with Gasteiger partial charge in [-0.2, -0.15) is 0 Å². The molecule has 1 aromatic rings. The van der Waals surface area contributed by atoms with Crippen LogP contribution in [0.3, 0.4) is 0 Å². The Morgan fingerprint density at radius 2 is 2.00 bits per heavy atom. The lowest BCUT2D eigenvalue weighted by Gasteiger charge is -2.11. The largest absolute Gasteiger partial charge is 0.478 e. The maximum absolute atomic E-state index is 10.8. The second-order valence-electron chi connectivity index (χ2n) is 3.69. The Hall–Kier alpha value is -1.51. The summed E-state index contributed by atoms with van der Waals surface area (Å²) in [5, 5.41) is 12.0. The fourth-order valence-corrected chi connectivity index (χ4v) is 1.32. The molecule has 3 heteroatoms. The van der Waals surface area contributed by atoms with Gasteiger partial charge in [0.05, 0.1) is 5.56 Å². The van der Waals surface area contributed by atoms with Crippen LogP contribution >= 0.6 is 0 Å². The fraction of sp³-hybridized carbons (Fsp3) is 0.364. The van der Waals surface area contributed by atoms with Crippen molar-refractivity contribution < 1.29 is 9.90 Å². The van der Waals surface area contributed by atoms with E-state index in [2.05, 4.69) is 5.32 Å². The summed E-state index contributed by atoms with van der Waals surface area (Å²) in [5.74, 6) is -0.888. The second kappa shape index (κ2) is 4.13. The van der Waals surface area contributed by atoms with E-state index in [0.717, 1.165) is 11.3 Å². The van der Waals surface area contributed by atoms with E-state index in [1.807, 2.05) is 26.8 Å². The summed E-state index contributed by atoms with van der Waals surface area (Å²) in [5.41, 5.74) is 2.14. The number of hydrogen-bond donors (Lipinski definition) is 2. The van der Waals surface area contributed by atoms with E-state index in [4.69, 9.17) is 5.11 Å². The van der Waals surface area contributed by atoms with Crippen LogP contribution in [0.1, 0.15) is 29.8 Å². The van der Waals surface area contributed by atoms with Crippen molar-refractivity contribution in [3.05, 3.63) is 29.3 Å². The third-order valence-electron chi connectivity index (χ3n) is 1.78. The average molecular weight is 193 g/mol. The normalized spacial score (nSPS) is 10.3. The highest BCUT2D eigenvalue weighted by molar-refractivity contribution is 5.89. The van der Waals surface area contributed by atoms with E-state index in [9.17, 15) is 4.79 Å². The van der Waals surface area contributed by atoms with Crippen LogP contribution in [-0.4, -0.2) is 17.1 Å². The molecule has 0 spiro atoms. The molecule has 0 aliphatic carbocycles. The fourth-order valence-electron chi connectivity index (χ4n) is 1.32. The Labute approximate surface area is 83.8 Å². The first-order valence-electron chi connectivity index (χ1n) is 4.60. The van der Waals surface area contributed by atoms with E-state index < -0.39 is 5.97 Å². The molecule has 2 N–H and O–H groups in total. The van der Waals surface area contributed by atoms with Crippen molar-refractivity contribution in [1.82, 2.24) is 0 Å². The number of anilines is 1. The first kappa shape index (κ1) is 10.6. The van der Waals surface area contributed by atoms with Crippen molar-refractivity contribution in [2.45, 2.75) is 26.8 Å². The lowest BCUT2D eigenvalue weighted by atomic mass is 10.1. The summed E-state index contributed by atoms with van der Waals surface area (Å²) in [6.07, 6.45) is 0. The molecule has 0 bridgehead atoms. The topological polar surface area (TPSA) is 49.3 Å². The minimum atomic E-state index is -0.888. The molecule has 0 aromatic heterocycles. The third kappa shape index (κ3) is 2.76. The van der Waals surface area contributed by atoms with Crippen LogP contribution in [0.4, 0.5) is 5.69 Å². The quantitative estimate of drug-likeness (QED) is 0.775. The molecule has 76 valence electrons. The van der Waals surface area contributed by atoms with Crippen molar-refractivity contribution in [2.75, 3.05) is 5.32 Å². The van der Waals surface area contributed by atoms with Gasteiger partial charge in [-0.3, -0.25) is 0 Å². The molecule has 1 rings (SSSR count). The van der Waals surface area contributed by atoms with Crippen molar-refractivity contribution in [3.63, 3.8) is 0 Å². The van der Waals surface area contributed by atoms with Crippen LogP contribution in [0.15, 0.2) is 18.2 Å².